The van der Waals surface area contributed by atoms with Crippen LogP contribution in [0.4, 0.5) is 0 Å². The Balaban J connectivity index is 0. The first-order chi connectivity index (χ1) is 0. The van der Waals surface area contributed by atoms with Crippen LogP contribution in [-0.2, 0) is 74.1 Å². The van der Waals surface area contributed by atoms with E-state index in [4.69, 9.17) is 0 Å². The molecule has 0 nitrogen and oxygen atoms in total. The molecule has 0 bridgehead atoms. The molecule has 0 aromatic carbocycles. The van der Waals surface area contributed by atoms with E-state index in [1.807, 2.05) is 0 Å². The fraction of sp³-hybridized carbons (Fsp3) is 1.00. The van der Waals surface area contributed by atoms with E-state index in [9.17, 15) is 0 Å². The quantitative estimate of drug-likeness (QED) is 0.513. The predicted molar refractivity (Wildman–Crippen MR) is 18.1 cm³/mol. The maximum absolute atomic E-state index is 0. The van der Waals surface area contributed by atoms with Gasteiger partial charge in [0.15, 0.2) is 0 Å². The molecular weight excluding hydrogens is 295 g/mol. The van der Waals surface area contributed by atoms with E-state index in [-0.39, 0.29) is 92.4 Å². The molecular formula is CH8CrFeMoSiV. The predicted octanol–water partition coefficient (Wildman–Crippen LogP) is -0.826. The summed E-state index contributed by atoms with van der Waals surface area (Å²) in [5, 5.41) is 0. The summed E-state index contributed by atoms with van der Waals surface area (Å²) in [6.07, 6.45) is 0. The van der Waals surface area contributed by atoms with Gasteiger partial charge in [-0.3, -0.25) is 0 Å². The second-order valence-corrected chi connectivity index (χ2v) is 0. The average molecular weight is 303 g/mol. The summed E-state index contributed by atoms with van der Waals surface area (Å²) in [4.78, 5) is 0. The van der Waals surface area contributed by atoms with Crippen LogP contribution < -0.4 is 0 Å². The van der Waals surface area contributed by atoms with Crippen LogP contribution in [0.25, 0.3) is 0 Å². The maximum Gasteiger partial charge on any atom is 0 e. The zero-order valence-electron chi connectivity index (χ0n) is 1.62. The van der Waals surface area contributed by atoms with Crippen molar-refractivity contribution in [2.75, 3.05) is 0 Å². The maximum atomic E-state index is 0. The van der Waals surface area contributed by atoms with Gasteiger partial charge in [0, 0.05) is 74.1 Å². The number of hydrogen-bond donors (Lipinski definition) is 0. The molecule has 1 radical (unpaired) electrons. The van der Waals surface area contributed by atoms with Crippen molar-refractivity contribution in [3.05, 3.63) is 0 Å². The third kappa shape index (κ3) is 31.1. The van der Waals surface area contributed by atoms with Gasteiger partial charge in [0.1, 0.15) is 0 Å². The molecule has 0 atom stereocenters. The van der Waals surface area contributed by atoms with Gasteiger partial charge in [-0.25, -0.2) is 0 Å². The summed E-state index contributed by atoms with van der Waals surface area (Å²) in [7, 11) is 0. The summed E-state index contributed by atoms with van der Waals surface area (Å²) in [6.45, 7) is 0. The van der Waals surface area contributed by atoms with Crippen molar-refractivity contribution in [3.8, 4) is 0 Å². The molecule has 0 N–H and O–H groups in total. The molecule has 6 heavy (non-hydrogen) atoms. The van der Waals surface area contributed by atoms with Crippen LogP contribution in [0.1, 0.15) is 7.43 Å². The van der Waals surface area contributed by atoms with Crippen LogP contribution in [-0.4, -0.2) is 11.0 Å². The number of rotatable bonds is 0. The van der Waals surface area contributed by atoms with Gasteiger partial charge in [0.2, 0.25) is 0 Å². The molecule has 0 spiro atoms. The SMILES string of the molecule is C.[Cr].[Fe].[Mo].[SiH4].[V]. The van der Waals surface area contributed by atoms with E-state index in [1.165, 1.54) is 0 Å². The Morgan fingerprint density at radius 1 is 1.00 bits per heavy atom. The average Bonchev–Trinajstić information content (AvgIpc) is 0. The van der Waals surface area contributed by atoms with Crippen LogP contribution in [0.3, 0.4) is 0 Å². The normalized spacial score (nSPS) is 0. The molecule has 41 valence electrons. The molecule has 0 saturated heterocycles. The van der Waals surface area contributed by atoms with Gasteiger partial charge in [-0.05, 0) is 11.0 Å². The molecule has 5 heteroatoms. The summed E-state index contributed by atoms with van der Waals surface area (Å²) in [6, 6.07) is 0. The van der Waals surface area contributed by atoms with Crippen LogP contribution in [0.5, 0.6) is 0 Å². The topological polar surface area (TPSA) is 0 Å². The third-order valence-corrected chi connectivity index (χ3v) is 0. The molecule has 0 saturated carbocycles. The molecule has 0 aromatic rings. The Morgan fingerprint density at radius 2 is 1.00 bits per heavy atom. The summed E-state index contributed by atoms with van der Waals surface area (Å²) in [5.41, 5.74) is 0. The van der Waals surface area contributed by atoms with Gasteiger partial charge in [-0.2, -0.15) is 0 Å². The standard InChI is InChI=1S/CH4.Cr.Fe.Mo.H4Si.V/h1H4;;;;1H4;. The molecule has 0 heterocycles. The van der Waals surface area contributed by atoms with Gasteiger partial charge < -0.3 is 0 Å². The summed E-state index contributed by atoms with van der Waals surface area (Å²) in [5.74, 6) is 0. The molecule has 0 aromatic heterocycles. The van der Waals surface area contributed by atoms with Gasteiger partial charge >= 0.3 is 0 Å². The molecule has 0 amide bonds. The van der Waals surface area contributed by atoms with Crippen molar-refractivity contribution >= 4 is 11.0 Å². The summed E-state index contributed by atoms with van der Waals surface area (Å²) >= 11 is 0. The molecule has 0 unspecified atom stereocenters. The first kappa shape index (κ1) is 75.2. The Bertz CT molecular complexity index is 15.5. The van der Waals surface area contributed by atoms with Crippen molar-refractivity contribution in [2.45, 2.75) is 7.43 Å². The van der Waals surface area contributed by atoms with E-state index in [1.54, 1.807) is 0 Å². The minimum absolute atomic E-state index is 0. The van der Waals surface area contributed by atoms with Gasteiger partial charge in [0.25, 0.3) is 0 Å². The Hall–Kier alpha value is 2.54. The second-order valence-electron chi connectivity index (χ2n) is 0. The zero-order chi connectivity index (χ0) is 0. The molecule has 0 aliphatic carbocycles. The minimum Gasteiger partial charge on any atom is -0.0776 e. The van der Waals surface area contributed by atoms with Crippen molar-refractivity contribution in [3.63, 3.8) is 0 Å². The van der Waals surface area contributed by atoms with Gasteiger partial charge in [-0.1, -0.05) is 7.43 Å². The van der Waals surface area contributed by atoms with Crippen LogP contribution in [0.2, 0.25) is 0 Å². The van der Waals surface area contributed by atoms with Crippen molar-refractivity contribution in [1.82, 2.24) is 0 Å². The minimum atomic E-state index is 0. The largest absolute Gasteiger partial charge is 0.0776 e. The van der Waals surface area contributed by atoms with Gasteiger partial charge in [0.05, 0.1) is 0 Å². The molecule has 0 aliphatic heterocycles. The molecule has 0 aliphatic rings. The van der Waals surface area contributed by atoms with Gasteiger partial charge in [-0.15, -0.1) is 0 Å². The van der Waals surface area contributed by atoms with Crippen LogP contribution in [0.15, 0.2) is 0 Å². The third-order valence-electron chi connectivity index (χ3n) is 0. The van der Waals surface area contributed by atoms with Crippen LogP contribution in [0, 0.1) is 0 Å². The van der Waals surface area contributed by atoms with E-state index in [2.05, 4.69) is 0 Å². The zero-order valence-corrected chi connectivity index (χ0v) is 7.40. The Kier molecular flexibility index (Phi) is 626. The van der Waals surface area contributed by atoms with Crippen molar-refractivity contribution in [1.29, 1.82) is 0 Å². The number of hydrogen-bond acceptors (Lipinski definition) is 0. The van der Waals surface area contributed by atoms with E-state index < -0.39 is 0 Å². The van der Waals surface area contributed by atoms with E-state index >= 15 is 0 Å². The Labute approximate surface area is 91.4 Å². The Morgan fingerprint density at radius 3 is 1.00 bits per heavy atom. The smallest absolute Gasteiger partial charge is 0 e. The monoisotopic (exact) mass is 305 g/mol. The second kappa shape index (κ2) is 50.0. The fourth-order valence-electron chi connectivity index (χ4n) is 0. The van der Waals surface area contributed by atoms with E-state index in [0.717, 1.165) is 0 Å². The molecule has 0 rings (SSSR count). The molecule has 0 fully saturated rings. The van der Waals surface area contributed by atoms with Crippen molar-refractivity contribution < 1.29 is 74.1 Å². The first-order valence-electron chi connectivity index (χ1n) is 0. The fourth-order valence-corrected chi connectivity index (χ4v) is 0. The van der Waals surface area contributed by atoms with E-state index in [0.29, 0.717) is 0 Å². The first-order valence-corrected chi connectivity index (χ1v) is 0. The van der Waals surface area contributed by atoms with Crippen molar-refractivity contribution in [2.24, 2.45) is 0 Å². The van der Waals surface area contributed by atoms with Crippen LogP contribution >= 0.6 is 0 Å². The summed E-state index contributed by atoms with van der Waals surface area (Å²) < 4.78 is 0.